The summed E-state index contributed by atoms with van der Waals surface area (Å²) in [4.78, 5) is 38.1. The van der Waals surface area contributed by atoms with Crippen molar-refractivity contribution in [3.8, 4) is 0 Å². The van der Waals surface area contributed by atoms with Crippen LogP contribution in [0.3, 0.4) is 0 Å². The average molecular weight is 911 g/mol. The number of carbonyl (C=O) groups excluding carboxylic acids is 3. The number of unbranched alkanes of at least 4 members (excludes halogenated alkanes) is 32. The number of ether oxygens (including phenoxy) is 3. The first-order valence-electron chi connectivity index (χ1n) is 28.1. The van der Waals surface area contributed by atoms with E-state index in [0.29, 0.717) is 19.3 Å². The molecular formula is C59H106O6. The second-order valence-corrected chi connectivity index (χ2v) is 18.8. The van der Waals surface area contributed by atoms with Gasteiger partial charge in [0.2, 0.25) is 0 Å². The normalized spacial score (nSPS) is 12.4. The molecule has 0 N–H and O–H groups in total. The van der Waals surface area contributed by atoms with Crippen molar-refractivity contribution in [2.45, 2.75) is 297 Å². The van der Waals surface area contributed by atoms with Gasteiger partial charge in [-0.1, -0.05) is 243 Å². The van der Waals surface area contributed by atoms with E-state index in [9.17, 15) is 14.4 Å². The molecule has 0 aromatic heterocycles. The van der Waals surface area contributed by atoms with Gasteiger partial charge in [-0.15, -0.1) is 0 Å². The lowest BCUT2D eigenvalue weighted by Crippen LogP contribution is -2.30. The number of carbonyl (C=O) groups is 3. The molecule has 0 aliphatic rings. The first-order valence-corrected chi connectivity index (χ1v) is 28.1. The van der Waals surface area contributed by atoms with Gasteiger partial charge in [-0.05, 0) is 77.0 Å². The number of hydrogen-bond acceptors (Lipinski definition) is 6. The Hall–Kier alpha value is -2.63. The molecule has 0 spiro atoms. The Morgan fingerprint density at radius 1 is 0.308 bits per heavy atom. The molecule has 0 heterocycles. The SMILES string of the molecule is CCCC/C=C\C/C=C\CCCCCCCC(=O)OCC(COC(=O)CCCCCCCCCCCCCCCCCCC)OC(=O)CCCCCCC/C=C\C/C=C\CCCCCC. The van der Waals surface area contributed by atoms with Gasteiger partial charge in [-0.2, -0.15) is 0 Å². The molecule has 0 saturated heterocycles. The van der Waals surface area contributed by atoms with Crippen molar-refractivity contribution in [3.63, 3.8) is 0 Å². The summed E-state index contributed by atoms with van der Waals surface area (Å²) in [6.45, 7) is 6.59. The van der Waals surface area contributed by atoms with Crippen LogP contribution in [0.4, 0.5) is 0 Å². The predicted octanol–water partition coefficient (Wildman–Crippen LogP) is 18.7. The minimum Gasteiger partial charge on any atom is -0.462 e. The van der Waals surface area contributed by atoms with Gasteiger partial charge in [-0.25, -0.2) is 0 Å². The highest BCUT2D eigenvalue weighted by molar-refractivity contribution is 5.71. The highest BCUT2D eigenvalue weighted by atomic mass is 16.6. The third-order valence-electron chi connectivity index (χ3n) is 12.3. The smallest absolute Gasteiger partial charge is 0.306 e. The lowest BCUT2D eigenvalue weighted by atomic mass is 10.0. The van der Waals surface area contributed by atoms with Crippen LogP contribution in [-0.4, -0.2) is 37.2 Å². The molecule has 0 aliphatic heterocycles. The second kappa shape index (κ2) is 54.0. The molecule has 65 heavy (non-hydrogen) atoms. The molecule has 0 rings (SSSR count). The monoisotopic (exact) mass is 911 g/mol. The summed E-state index contributed by atoms with van der Waals surface area (Å²) >= 11 is 0. The fourth-order valence-corrected chi connectivity index (χ4v) is 8.02. The van der Waals surface area contributed by atoms with Crippen molar-refractivity contribution in [2.24, 2.45) is 0 Å². The summed E-state index contributed by atoms with van der Waals surface area (Å²) in [6, 6.07) is 0. The van der Waals surface area contributed by atoms with Crippen molar-refractivity contribution < 1.29 is 28.6 Å². The standard InChI is InChI=1S/C59H106O6/c1-4-7-10-13-16-19-22-25-28-30-32-34-37-40-43-46-49-52-58(61)64-55-56(54-63-57(60)51-48-45-42-39-36-33-27-24-21-18-15-12-9-6-3)65-59(62)53-50-47-44-41-38-35-31-29-26-23-20-17-14-11-8-5-2/h15,18,20,23-24,27,29,31,56H,4-14,16-17,19,21-22,25-26,28,30,32-55H2,1-3H3/b18-15-,23-20-,27-24-,31-29-. The van der Waals surface area contributed by atoms with Crippen LogP contribution in [0, 0.1) is 0 Å². The third-order valence-corrected chi connectivity index (χ3v) is 12.3. The molecule has 0 fully saturated rings. The van der Waals surface area contributed by atoms with Crippen LogP contribution >= 0.6 is 0 Å². The largest absolute Gasteiger partial charge is 0.462 e. The minimum absolute atomic E-state index is 0.0807. The van der Waals surface area contributed by atoms with Crippen molar-refractivity contribution in [2.75, 3.05) is 13.2 Å². The molecule has 0 saturated carbocycles. The van der Waals surface area contributed by atoms with E-state index in [2.05, 4.69) is 69.4 Å². The maximum absolute atomic E-state index is 12.8. The van der Waals surface area contributed by atoms with Gasteiger partial charge >= 0.3 is 17.9 Å². The topological polar surface area (TPSA) is 78.9 Å². The maximum atomic E-state index is 12.8. The fraction of sp³-hybridized carbons (Fsp3) is 0.814. The molecule has 0 amide bonds. The van der Waals surface area contributed by atoms with Crippen molar-refractivity contribution >= 4 is 17.9 Å². The maximum Gasteiger partial charge on any atom is 0.306 e. The van der Waals surface area contributed by atoms with Gasteiger partial charge in [0.25, 0.3) is 0 Å². The van der Waals surface area contributed by atoms with Gasteiger partial charge in [0, 0.05) is 19.3 Å². The molecule has 0 aliphatic carbocycles. The lowest BCUT2D eigenvalue weighted by molar-refractivity contribution is -0.167. The van der Waals surface area contributed by atoms with Gasteiger partial charge < -0.3 is 14.2 Å². The third kappa shape index (κ3) is 52.2. The van der Waals surface area contributed by atoms with Crippen LogP contribution in [0.25, 0.3) is 0 Å². The van der Waals surface area contributed by atoms with Gasteiger partial charge in [0.1, 0.15) is 13.2 Å². The van der Waals surface area contributed by atoms with Crippen LogP contribution in [0.2, 0.25) is 0 Å². The summed E-state index contributed by atoms with van der Waals surface area (Å²) in [5, 5.41) is 0. The molecule has 6 nitrogen and oxygen atoms in total. The summed E-state index contributed by atoms with van der Waals surface area (Å²) in [5.41, 5.74) is 0. The van der Waals surface area contributed by atoms with Gasteiger partial charge in [0.05, 0.1) is 0 Å². The zero-order valence-corrected chi connectivity index (χ0v) is 43.3. The van der Waals surface area contributed by atoms with E-state index in [0.717, 1.165) is 103 Å². The van der Waals surface area contributed by atoms with E-state index in [1.807, 2.05) is 0 Å². The fourth-order valence-electron chi connectivity index (χ4n) is 8.02. The molecule has 6 heteroatoms. The Bertz CT molecular complexity index is 1140. The van der Waals surface area contributed by atoms with Crippen LogP contribution in [-0.2, 0) is 28.6 Å². The quantitative estimate of drug-likeness (QED) is 0.0262. The van der Waals surface area contributed by atoms with Crippen LogP contribution in [0.5, 0.6) is 0 Å². The van der Waals surface area contributed by atoms with Gasteiger partial charge in [0.15, 0.2) is 6.10 Å². The highest BCUT2D eigenvalue weighted by Crippen LogP contribution is 2.16. The molecule has 378 valence electrons. The number of hydrogen-bond donors (Lipinski definition) is 0. The van der Waals surface area contributed by atoms with E-state index >= 15 is 0 Å². The van der Waals surface area contributed by atoms with Crippen molar-refractivity contribution in [1.82, 2.24) is 0 Å². The zero-order chi connectivity index (χ0) is 47.2. The Balaban J connectivity index is 4.39. The Labute approximate surface area is 403 Å². The molecule has 0 radical (unpaired) electrons. The Morgan fingerprint density at radius 2 is 0.569 bits per heavy atom. The Kier molecular flexibility index (Phi) is 51.8. The Morgan fingerprint density at radius 3 is 0.908 bits per heavy atom. The molecule has 0 aromatic carbocycles. The minimum atomic E-state index is -0.784. The lowest BCUT2D eigenvalue weighted by Gasteiger charge is -2.18. The van der Waals surface area contributed by atoms with Crippen LogP contribution in [0.1, 0.15) is 290 Å². The van der Waals surface area contributed by atoms with Gasteiger partial charge in [-0.3, -0.25) is 14.4 Å². The van der Waals surface area contributed by atoms with E-state index in [1.165, 1.54) is 148 Å². The first-order chi connectivity index (χ1) is 32.0. The zero-order valence-electron chi connectivity index (χ0n) is 43.3. The van der Waals surface area contributed by atoms with E-state index in [-0.39, 0.29) is 31.1 Å². The molecular weight excluding hydrogens is 805 g/mol. The summed E-state index contributed by atoms with van der Waals surface area (Å²) in [7, 11) is 0. The van der Waals surface area contributed by atoms with E-state index in [4.69, 9.17) is 14.2 Å². The molecule has 1 atom stereocenters. The van der Waals surface area contributed by atoms with E-state index in [1.54, 1.807) is 0 Å². The molecule has 0 bridgehead atoms. The van der Waals surface area contributed by atoms with Crippen LogP contribution in [0.15, 0.2) is 48.6 Å². The van der Waals surface area contributed by atoms with E-state index < -0.39 is 6.10 Å². The summed E-state index contributed by atoms with van der Waals surface area (Å²) in [5.74, 6) is -0.896. The summed E-state index contributed by atoms with van der Waals surface area (Å²) in [6.07, 6.45) is 65.2. The number of rotatable bonds is 51. The molecule has 1 unspecified atom stereocenters. The van der Waals surface area contributed by atoms with Crippen LogP contribution < -0.4 is 0 Å². The average Bonchev–Trinajstić information content (AvgIpc) is 3.30. The summed E-state index contributed by atoms with van der Waals surface area (Å²) < 4.78 is 16.8. The van der Waals surface area contributed by atoms with Crippen molar-refractivity contribution in [3.05, 3.63) is 48.6 Å². The number of esters is 3. The second-order valence-electron chi connectivity index (χ2n) is 18.8. The van der Waals surface area contributed by atoms with Crippen molar-refractivity contribution in [1.29, 1.82) is 0 Å². The first kappa shape index (κ1) is 62.4. The number of allylic oxidation sites excluding steroid dienone is 8. The predicted molar refractivity (Wildman–Crippen MR) is 279 cm³/mol. The molecule has 0 aromatic rings. The highest BCUT2D eigenvalue weighted by Gasteiger charge is 2.19.